The summed E-state index contributed by atoms with van der Waals surface area (Å²) < 4.78 is 4.91. The van der Waals surface area contributed by atoms with Crippen LogP contribution in [0.2, 0.25) is 5.02 Å². The molecule has 0 saturated carbocycles. The van der Waals surface area contributed by atoms with Crippen LogP contribution in [0.4, 0.5) is 4.79 Å². The maximum atomic E-state index is 11.6. The lowest BCUT2D eigenvalue weighted by molar-refractivity contribution is -0.148. The van der Waals surface area contributed by atoms with E-state index in [9.17, 15) is 14.7 Å². The molecular formula is C14H18ClNO5. The Kier molecular flexibility index (Phi) is 6.98. The Labute approximate surface area is 127 Å². The van der Waals surface area contributed by atoms with E-state index >= 15 is 0 Å². The molecule has 0 aliphatic carbocycles. The van der Waals surface area contributed by atoms with Crippen molar-refractivity contribution in [3.05, 3.63) is 34.9 Å². The summed E-state index contributed by atoms with van der Waals surface area (Å²) in [6.07, 6.45) is -0.986. The minimum absolute atomic E-state index is 0.235. The van der Waals surface area contributed by atoms with Crippen LogP contribution in [0.3, 0.4) is 0 Å². The van der Waals surface area contributed by atoms with Crippen LogP contribution >= 0.6 is 11.6 Å². The van der Waals surface area contributed by atoms with Gasteiger partial charge in [-0.1, -0.05) is 37.1 Å². The molecule has 116 valence electrons. The largest absolute Gasteiger partial charge is 0.479 e. The maximum absolute atomic E-state index is 11.6. The van der Waals surface area contributed by atoms with Gasteiger partial charge in [0.25, 0.3) is 0 Å². The zero-order valence-electron chi connectivity index (χ0n) is 11.6. The molecule has 0 radical (unpaired) electrons. The van der Waals surface area contributed by atoms with Crippen molar-refractivity contribution in [1.82, 2.24) is 5.32 Å². The third kappa shape index (κ3) is 5.61. The molecular weight excluding hydrogens is 298 g/mol. The molecule has 0 bridgehead atoms. The molecule has 0 fully saturated rings. The fraction of sp³-hybridized carbons (Fsp3) is 0.429. The van der Waals surface area contributed by atoms with Gasteiger partial charge in [0.15, 0.2) is 6.10 Å². The van der Waals surface area contributed by atoms with Gasteiger partial charge in [0.05, 0.1) is 12.6 Å². The number of halogens is 1. The number of carboxylic acids is 1. The number of aliphatic hydroxyl groups is 1. The van der Waals surface area contributed by atoms with Crippen LogP contribution in [0.15, 0.2) is 24.3 Å². The SMILES string of the molecule is CCCCOC(=O)N[C@@H](c1ccc(Cl)cc1)[C@@H](O)C(=O)O. The number of hydrogen-bond donors (Lipinski definition) is 3. The van der Waals surface area contributed by atoms with E-state index in [4.69, 9.17) is 21.4 Å². The molecule has 0 heterocycles. The van der Waals surface area contributed by atoms with Crippen molar-refractivity contribution < 1.29 is 24.5 Å². The molecule has 1 aromatic rings. The molecule has 0 aliphatic heterocycles. The number of aliphatic hydroxyl groups excluding tert-OH is 1. The molecule has 2 atom stereocenters. The normalized spacial score (nSPS) is 13.3. The number of carboxylic acid groups (broad SMARTS) is 1. The summed E-state index contributed by atoms with van der Waals surface area (Å²) in [6.45, 7) is 2.19. The van der Waals surface area contributed by atoms with E-state index < -0.39 is 24.2 Å². The van der Waals surface area contributed by atoms with Crippen LogP contribution in [0.1, 0.15) is 31.4 Å². The zero-order valence-corrected chi connectivity index (χ0v) is 12.3. The van der Waals surface area contributed by atoms with E-state index in [1.165, 1.54) is 12.1 Å². The van der Waals surface area contributed by atoms with Crippen molar-refractivity contribution in [3.63, 3.8) is 0 Å². The summed E-state index contributed by atoms with van der Waals surface area (Å²) in [6, 6.07) is 5.04. The first-order valence-corrected chi connectivity index (χ1v) is 6.93. The molecule has 7 heteroatoms. The van der Waals surface area contributed by atoms with Crippen molar-refractivity contribution in [3.8, 4) is 0 Å². The van der Waals surface area contributed by atoms with Gasteiger partial charge in [-0.15, -0.1) is 0 Å². The van der Waals surface area contributed by atoms with Crippen LogP contribution in [-0.2, 0) is 9.53 Å². The van der Waals surface area contributed by atoms with Crippen molar-refractivity contribution >= 4 is 23.7 Å². The number of ether oxygens (including phenoxy) is 1. The lowest BCUT2D eigenvalue weighted by Gasteiger charge is -2.21. The van der Waals surface area contributed by atoms with Gasteiger partial charge in [-0.25, -0.2) is 9.59 Å². The first kappa shape index (κ1) is 17.3. The number of carbonyl (C=O) groups is 2. The molecule has 0 unspecified atom stereocenters. The molecule has 0 aromatic heterocycles. The second-order valence-corrected chi connectivity index (χ2v) is 4.88. The number of benzene rings is 1. The summed E-state index contributed by atoms with van der Waals surface area (Å²) >= 11 is 5.76. The van der Waals surface area contributed by atoms with Gasteiger partial charge in [0, 0.05) is 5.02 Å². The zero-order chi connectivity index (χ0) is 15.8. The quantitative estimate of drug-likeness (QED) is 0.671. The Morgan fingerprint density at radius 2 is 1.95 bits per heavy atom. The van der Waals surface area contributed by atoms with E-state index in [0.717, 1.165) is 6.42 Å². The number of unbranched alkanes of at least 4 members (excludes halogenated alkanes) is 1. The lowest BCUT2D eigenvalue weighted by Crippen LogP contribution is -2.40. The smallest absolute Gasteiger partial charge is 0.407 e. The van der Waals surface area contributed by atoms with Crippen molar-refractivity contribution in [1.29, 1.82) is 0 Å². The van der Waals surface area contributed by atoms with Gasteiger partial charge in [0.2, 0.25) is 0 Å². The van der Waals surface area contributed by atoms with E-state index in [1.54, 1.807) is 12.1 Å². The van der Waals surface area contributed by atoms with E-state index in [2.05, 4.69) is 5.32 Å². The fourth-order valence-corrected chi connectivity index (χ4v) is 1.76. The first-order valence-electron chi connectivity index (χ1n) is 6.55. The highest BCUT2D eigenvalue weighted by molar-refractivity contribution is 6.30. The number of amides is 1. The Morgan fingerprint density at radius 1 is 1.33 bits per heavy atom. The van der Waals surface area contributed by atoms with Crippen LogP contribution in [-0.4, -0.2) is 35.0 Å². The standard InChI is InChI=1S/C14H18ClNO5/c1-2-3-8-21-14(20)16-11(12(17)13(18)19)9-4-6-10(15)7-5-9/h4-7,11-12,17H,2-3,8H2,1H3,(H,16,20)(H,18,19)/t11-,12+/m0/s1. The third-order valence-electron chi connectivity index (χ3n) is 2.80. The monoisotopic (exact) mass is 315 g/mol. The molecule has 3 N–H and O–H groups in total. The van der Waals surface area contributed by atoms with Crippen LogP contribution in [0.5, 0.6) is 0 Å². The number of rotatable bonds is 7. The predicted molar refractivity (Wildman–Crippen MR) is 77.2 cm³/mol. The summed E-state index contributed by atoms with van der Waals surface area (Å²) in [4.78, 5) is 22.6. The Hall–Kier alpha value is -1.79. The van der Waals surface area contributed by atoms with Gasteiger partial charge < -0.3 is 20.3 Å². The summed E-state index contributed by atoms with van der Waals surface area (Å²) in [5.74, 6) is -1.44. The second kappa shape index (κ2) is 8.49. The van der Waals surface area contributed by atoms with Crippen LogP contribution < -0.4 is 5.32 Å². The number of carbonyl (C=O) groups excluding carboxylic acids is 1. The van der Waals surface area contributed by atoms with Gasteiger partial charge >= 0.3 is 12.1 Å². The number of nitrogens with one attached hydrogen (secondary N) is 1. The highest BCUT2D eigenvalue weighted by Gasteiger charge is 2.29. The molecule has 0 spiro atoms. The topological polar surface area (TPSA) is 95.9 Å². The third-order valence-corrected chi connectivity index (χ3v) is 3.05. The molecule has 1 amide bonds. The average Bonchev–Trinajstić information content (AvgIpc) is 2.45. The van der Waals surface area contributed by atoms with Gasteiger partial charge in [0.1, 0.15) is 0 Å². The summed E-state index contributed by atoms with van der Waals surface area (Å²) in [5.41, 5.74) is 0.418. The number of hydrogen-bond acceptors (Lipinski definition) is 4. The van der Waals surface area contributed by atoms with Gasteiger partial charge in [-0.05, 0) is 24.1 Å². The van der Waals surface area contributed by atoms with Crippen LogP contribution in [0.25, 0.3) is 0 Å². The average molecular weight is 316 g/mol. The Balaban J connectivity index is 2.80. The molecule has 1 aromatic carbocycles. The summed E-state index contributed by atoms with van der Waals surface area (Å²) in [5, 5.41) is 21.5. The number of aliphatic carboxylic acids is 1. The Morgan fingerprint density at radius 3 is 2.48 bits per heavy atom. The number of alkyl carbamates (subject to hydrolysis) is 1. The van der Waals surface area contributed by atoms with Gasteiger partial charge in [-0.2, -0.15) is 0 Å². The maximum Gasteiger partial charge on any atom is 0.407 e. The fourth-order valence-electron chi connectivity index (χ4n) is 1.64. The van der Waals surface area contributed by atoms with E-state index in [1.807, 2.05) is 6.92 Å². The van der Waals surface area contributed by atoms with Crippen molar-refractivity contribution in [2.75, 3.05) is 6.61 Å². The lowest BCUT2D eigenvalue weighted by atomic mass is 10.0. The van der Waals surface area contributed by atoms with Crippen LogP contribution in [0, 0.1) is 0 Å². The minimum Gasteiger partial charge on any atom is -0.479 e. The molecule has 6 nitrogen and oxygen atoms in total. The molecule has 1 rings (SSSR count). The Bertz CT molecular complexity index is 477. The predicted octanol–water partition coefficient (Wildman–Crippen LogP) is 2.35. The minimum atomic E-state index is -1.79. The molecule has 21 heavy (non-hydrogen) atoms. The van der Waals surface area contributed by atoms with Crippen molar-refractivity contribution in [2.45, 2.75) is 31.9 Å². The van der Waals surface area contributed by atoms with E-state index in [-0.39, 0.29) is 6.61 Å². The molecule has 0 saturated heterocycles. The first-order chi connectivity index (χ1) is 9.95. The summed E-state index contributed by atoms with van der Waals surface area (Å²) in [7, 11) is 0. The van der Waals surface area contributed by atoms with E-state index in [0.29, 0.717) is 17.0 Å². The highest BCUT2D eigenvalue weighted by Crippen LogP contribution is 2.20. The molecule has 0 aliphatic rings. The van der Waals surface area contributed by atoms with Gasteiger partial charge in [-0.3, -0.25) is 0 Å². The van der Waals surface area contributed by atoms with Crippen molar-refractivity contribution in [2.24, 2.45) is 0 Å². The highest BCUT2D eigenvalue weighted by atomic mass is 35.5. The second-order valence-electron chi connectivity index (χ2n) is 4.45.